The molecule has 148 valence electrons. The van der Waals surface area contributed by atoms with E-state index < -0.39 is 16.6 Å². The van der Waals surface area contributed by atoms with Gasteiger partial charge < -0.3 is 4.98 Å². The van der Waals surface area contributed by atoms with E-state index in [1.807, 2.05) is 30.3 Å². The molecular weight excluding hydrogens is 403 g/mol. The Morgan fingerprint density at radius 1 is 1.07 bits per heavy atom. The molecule has 0 fully saturated rings. The highest BCUT2D eigenvalue weighted by Crippen LogP contribution is 2.30. The topological polar surface area (TPSA) is 89.3 Å². The Labute approximate surface area is 175 Å². The maximum Gasteiger partial charge on any atom is 0.264 e. The summed E-state index contributed by atoms with van der Waals surface area (Å²) in [5, 5.41) is -0.716. The highest BCUT2D eigenvalue weighted by atomic mass is 32.1. The first kappa shape index (κ1) is 18.4. The minimum atomic E-state index is -0.667. The molecule has 1 unspecified atom stereocenters. The summed E-state index contributed by atoms with van der Waals surface area (Å²) in [7, 11) is 0. The van der Waals surface area contributed by atoms with E-state index in [1.165, 1.54) is 29.4 Å². The van der Waals surface area contributed by atoms with Crippen LogP contribution >= 0.6 is 12.6 Å². The van der Waals surface area contributed by atoms with Crippen molar-refractivity contribution in [1.82, 2.24) is 29.5 Å². The molecule has 0 amide bonds. The van der Waals surface area contributed by atoms with Crippen LogP contribution in [0.2, 0.25) is 0 Å². The molecule has 1 N–H and O–H groups in total. The van der Waals surface area contributed by atoms with Gasteiger partial charge in [0.1, 0.15) is 34.1 Å². The van der Waals surface area contributed by atoms with Crippen LogP contribution in [-0.2, 0) is 6.54 Å². The summed E-state index contributed by atoms with van der Waals surface area (Å²) in [5.74, 6) is -0.244. The zero-order valence-electron chi connectivity index (χ0n) is 15.5. The van der Waals surface area contributed by atoms with Gasteiger partial charge in [-0.3, -0.25) is 9.36 Å². The number of imidazole rings is 1. The van der Waals surface area contributed by atoms with Crippen LogP contribution < -0.4 is 5.56 Å². The van der Waals surface area contributed by atoms with E-state index in [0.717, 1.165) is 5.56 Å². The molecule has 0 saturated heterocycles. The van der Waals surface area contributed by atoms with Gasteiger partial charge >= 0.3 is 0 Å². The molecule has 1 atom stereocenters. The van der Waals surface area contributed by atoms with Gasteiger partial charge in [-0.2, -0.15) is 12.6 Å². The summed E-state index contributed by atoms with van der Waals surface area (Å²) in [4.78, 5) is 33.6. The van der Waals surface area contributed by atoms with E-state index in [4.69, 9.17) is 12.6 Å². The number of thiol groups is 1. The van der Waals surface area contributed by atoms with Gasteiger partial charge in [0.15, 0.2) is 5.65 Å². The molecule has 2 aromatic carbocycles. The van der Waals surface area contributed by atoms with E-state index in [-0.39, 0.29) is 17.4 Å². The first-order valence-electron chi connectivity index (χ1n) is 9.18. The van der Waals surface area contributed by atoms with Crippen molar-refractivity contribution in [2.24, 2.45) is 0 Å². The van der Waals surface area contributed by atoms with Crippen LogP contribution in [0.5, 0.6) is 0 Å². The molecule has 30 heavy (non-hydrogen) atoms. The summed E-state index contributed by atoms with van der Waals surface area (Å²) in [5.41, 5.74) is 2.32. The maximum atomic E-state index is 14.5. The van der Waals surface area contributed by atoms with Gasteiger partial charge in [0.2, 0.25) is 0 Å². The fourth-order valence-electron chi connectivity index (χ4n) is 3.48. The predicted octanol–water partition coefficient (Wildman–Crippen LogP) is 3.27. The van der Waals surface area contributed by atoms with Crippen molar-refractivity contribution in [1.29, 1.82) is 0 Å². The van der Waals surface area contributed by atoms with Crippen LogP contribution in [0.25, 0.3) is 22.1 Å². The third-order valence-corrected chi connectivity index (χ3v) is 5.38. The summed E-state index contributed by atoms with van der Waals surface area (Å²) in [6.07, 6.45) is 2.91. The number of nitrogens with zero attached hydrogens (tertiary/aromatic N) is 5. The molecule has 0 aliphatic rings. The number of rotatable bonds is 4. The third-order valence-electron chi connectivity index (χ3n) is 4.90. The van der Waals surface area contributed by atoms with Gasteiger partial charge in [-0.25, -0.2) is 24.3 Å². The molecule has 3 aromatic heterocycles. The van der Waals surface area contributed by atoms with Crippen molar-refractivity contribution in [2.45, 2.75) is 11.8 Å². The van der Waals surface area contributed by atoms with E-state index in [2.05, 4.69) is 24.9 Å². The molecule has 9 heteroatoms. The second kappa shape index (κ2) is 7.34. The minimum absolute atomic E-state index is 0.0490. The molecule has 5 rings (SSSR count). The first-order valence-corrected chi connectivity index (χ1v) is 9.70. The first-order chi connectivity index (χ1) is 14.6. The largest absolute Gasteiger partial charge is 0.342 e. The lowest BCUT2D eigenvalue weighted by atomic mass is 10.1. The van der Waals surface area contributed by atoms with Crippen molar-refractivity contribution >= 4 is 34.7 Å². The Bertz CT molecular complexity index is 1430. The molecule has 0 saturated carbocycles. The van der Waals surface area contributed by atoms with Crippen LogP contribution in [0.1, 0.15) is 22.3 Å². The fourth-order valence-corrected chi connectivity index (χ4v) is 3.87. The second-order valence-electron chi connectivity index (χ2n) is 6.74. The lowest BCUT2D eigenvalue weighted by Crippen LogP contribution is -2.28. The van der Waals surface area contributed by atoms with Crippen molar-refractivity contribution in [3.63, 3.8) is 0 Å². The van der Waals surface area contributed by atoms with Gasteiger partial charge in [-0.05, 0) is 17.7 Å². The normalized spacial score (nSPS) is 12.5. The Morgan fingerprint density at radius 3 is 2.73 bits per heavy atom. The Morgan fingerprint density at radius 2 is 1.90 bits per heavy atom. The van der Waals surface area contributed by atoms with Gasteiger partial charge in [0, 0.05) is 0 Å². The van der Waals surface area contributed by atoms with Crippen molar-refractivity contribution in [2.75, 3.05) is 0 Å². The zero-order valence-corrected chi connectivity index (χ0v) is 16.4. The van der Waals surface area contributed by atoms with Crippen LogP contribution in [0.4, 0.5) is 4.39 Å². The van der Waals surface area contributed by atoms with Crippen LogP contribution in [0.3, 0.4) is 0 Å². The van der Waals surface area contributed by atoms with Crippen LogP contribution in [0, 0.1) is 5.82 Å². The third kappa shape index (κ3) is 3.03. The number of halogens is 1. The summed E-state index contributed by atoms with van der Waals surface area (Å²) >= 11 is 4.74. The molecule has 7 nitrogen and oxygen atoms in total. The molecular formula is C21H15FN6OS. The predicted molar refractivity (Wildman–Crippen MR) is 114 cm³/mol. The molecule has 0 radical (unpaired) electrons. The number of aromatic nitrogens is 6. The Balaban J connectivity index is 1.76. The van der Waals surface area contributed by atoms with Crippen molar-refractivity contribution in [3.8, 4) is 0 Å². The molecule has 5 aromatic rings. The fraction of sp³-hybridized carbons (Fsp3) is 0.0952. The average molecular weight is 418 g/mol. The van der Waals surface area contributed by atoms with E-state index >= 15 is 0 Å². The number of H-pyrrole nitrogens is 1. The SMILES string of the molecule is O=c1c2c(F)cccc2nc(C(S)c2ncnc3nc[nH]c23)n1Cc1ccccc1. The lowest BCUT2D eigenvalue weighted by molar-refractivity contribution is 0.629. The molecule has 0 aliphatic carbocycles. The number of hydrogen-bond donors (Lipinski definition) is 2. The Hall–Kier alpha value is -3.59. The lowest BCUT2D eigenvalue weighted by Gasteiger charge is -2.18. The second-order valence-corrected chi connectivity index (χ2v) is 7.26. The monoisotopic (exact) mass is 418 g/mol. The molecule has 3 heterocycles. The smallest absolute Gasteiger partial charge is 0.264 e. The standard InChI is InChI=1S/C21H15FN6OS/c22-13-7-4-8-14-15(13)21(29)28(9-12-5-2-1-3-6-12)20(27-14)18(30)16-17-19(25-10-23-16)26-11-24-17/h1-8,10-11,18,30H,9H2,(H,23,24,25,26). The summed E-state index contributed by atoms with van der Waals surface area (Å²) in [6, 6.07) is 13.8. The van der Waals surface area contributed by atoms with Crippen molar-refractivity contribution < 1.29 is 4.39 Å². The molecule has 0 aliphatic heterocycles. The maximum absolute atomic E-state index is 14.5. The number of hydrogen-bond acceptors (Lipinski definition) is 6. The summed E-state index contributed by atoms with van der Waals surface area (Å²) in [6.45, 7) is 0.223. The van der Waals surface area contributed by atoms with Gasteiger partial charge in [-0.15, -0.1) is 0 Å². The van der Waals surface area contributed by atoms with Gasteiger partial charge in [0.05, 0.1) is 24.1 Å². The van der Waals surface area contributed by atoms with E-state index in [1.54, 1.807) is 6.07 Å². The quantitative estimate of drug-likeness (QED) is 0.437. The zero-order chi connectivity index (χ0) is 20.7. The van der Waals surface area contributed by atoms with Gasteiger partial charge in [0.25, 0.3) is 5.56 Å². The number of fused-ring (bicyclic) bond motifs is 2. The minimum Gasteiger partial charge on any atom is -0.342 e. The number of aromatic amines is 1. The average Bonchev–Trinajstić information content (AvgIpc) is 3.25. The Kier molecular flexibility index (Phi) is 4.51. The van der Waals surface area contributed by atoms with E-state index in [9.17, 15) is 9.18 Å². The number of benzene rings is 2. The highest BCUT2D eigenvalue weighted by molar-refractivity contribution is 7.80. The number of nitrogens with one attached hydrogen (secondary N) is 1. The van der Waals surface area contributed by atoms with E-state index in [0.29, 0.717) is 22.7 Å². The van der Waals surface area contributed by atoms with Gasteiger partial charge in [-0.1, -0.05) is 36.4 Å². The van der Waals surface area contributed by atoms with Crippen LogP contribution in [-0.4, -0.2) is 29.5 Å². The van der Waals surface area contributed by atoms with Crippen molar-refractivity contribution in [3.05, 3.63) is 94.4 Å². The molecule has 0 bridgehead atoms. The summed E-state index contributed by atoms with van der Waals surface area (Å²) < 4.78 is 15.9. The highest BCUT2D eigenvalue weighted by Gasteiger charge is 2.24. The van der Waals surface area contributed by atoms with Crippen LogP contribution in [0.15, 0.2) is 66.0 Å². The molecule has 0 spiro atoms.